The van der Waals surface area contributed by atoms with E-state index >= 15 is 0 Å². The minimum atomic E-state index is -0.294. The minimum absolute atomic E-state index is 0.0301. The highest BCUT2D eigenvalue weighted by Crippen LogP contribution is 2.66. The van der Waals surface area contributed by atoms with Crippen molar-refractivity contribution in [2.75, 3.05) is 7.11 Å². The molecule has 4 rings (SSSR count). The van der Waals surface area contributed by atoms with Crippen molar-refractivity contribution in [3.63, 3.8) is 0 Å². The van der Waals surface area contributed by atoms with Crippen LogP contribution in [-0.2, 0) is 4.74 Å². The maximum atomic E-state index is 10.8. The molecule has 0 aliphatic heterocycles. The lowest BCUT2D eigenvalue weighted by molar-refractivity contribution is -0.136. The first-order valence-electron chi connectivity index (χ1n) is 9.79. The fourth-order valence-corrected chi connectivity index (χ4v) is 7.42. The molecule has 23 heavy (non-hydrogen) atoms. The average molecular weight is 322 g/mol. The molecule has 9 atom stereocenters. The Hall–Kier alpha value is -0.120. The third-order valence-electron chi connectivity index (χ3n) is 8.89. The summed E-state index contributed by atoms with van der Waals surface area (Å²) in [5.74, 6) is 2.86. The Morgan fingerprint density at radius 2 is 1.61 bits per heavy atom. The van der Waals surface area contributed by atoms with Gasteiger partial charge < -0.3 is 14.9 Å². The maximum Gasteiger partial charge on any atom is 0.0857 e. The number of aliphatic hydroxyl groups is 2. The van der Waals surface area contributed by atoms with E-state index in [9.17, 15) is 10.2 Å². The second-order valence-corrected chi connectivity index (χ2v) is 9.58. The molecule has 0 aromatic heterocycles. The molecule has 0 heterocycles. The fraction of sp³-hybridized carbons (Fsp3) is 1.00. The molecule has 0 spiro atoms. The van der Waals surface area contributed by atoms with Crippen molar-refractivity contribution in [1.29, 1.82) is 0 Å². The van der Waals surface area contributed by atoms with E-state index in [1.54, 1.807) is 7.11 Å². The molecule has 0 aromatic carbocycles. The van der Waals surface area contributed by atoms with Crippen LogP contribution in [0.25, 0.3) is 0 Å². The summed E-state index contributed by atoms with van der Waals surface area (Å²) in [6.45, 7) is 4.83. The number of aliphatic hydroxyl groups excluding tert-OH is 2. The number of rotatable bonds is 1. The van der Waals surface area contributed by atoms with Crippen molar-refractivity contribution in [1.82, 2.24) is 0 Å². The van der Waals surface area contributed by atoms with E-state index in [0.29, 0.717) is 17.3 Å². The van der Waals surface area contributed by atoms with Gasteiger partial charge in [-0.1, -0.05) is 13.8 Å². The van der Waals surface area contributed by atoms with Crippen LogP contribution in [0.3, 0.4) is 0 Å². The number of fused-ring (bicyclic) bond motifs is 5. The molecule has 4 aliphatic carbocycles. The highest BCUT2D eigenvalue weighted by Gasteiger charge is 2.62. The minimum Gasteiger partial charge on any atom is -0.393 e. The molecule has 3 nitrogen and oxygen atoms in total. The van der Waals surface area contributed by atoms with E-state index in [0.717, 1.165) is 37.5 Å². The Kier molecular flexibility index (Phi) is 3.87. The van der Waals surface area contributed by atoms with Crippen LogP contribution in [-0.4, -0.2) is 35.6 Å². The van der Waals surface area contributed by atoms with Gasteiger partial charge in [0.1, 0.15) is 0 Å². The van der Waals surface area contributed by atoms with Gasteiger partial charge in [0.25, 0.3) is 0 Å². The van der Waals surface area contributed by atoms with Gasteiger partial charge in [-0.2, -0.15) is 0 Å². The molecule has 3 heteroatoms. The maximum absolute atomic E-state index is 10.8. The molecule has 4 aliphatic rings. The Bertz CT molecular complexity index is 466. The molecule has 0 aromatic rings. The van der Waals surface area contributed by atoms with Gasteiger partial charge in [-0.3, -0.25) is 0 Å². The molecular weight excluding hydrogens is 288 g/mol. The van der Waals surface area contributed by atoms with Crippen LogP contribution in [0.4, 0.5) is 0 Å². The molecule has 0 amide bonds. The molecule has 0 unspecified atom stereocenters. The van der Waals surface area contributed by atoms with E-state index in [1.165, 1.54) is 25.7 Å². The van der Waals surface area contributed by atoms with Crippen LogP contribution < -0.4 is 0 Å². The first kappa shape index (κ1) is 16.4. The first-order valence-corrected chi connectivity index (χ1v) is 9.79. The van der Waals surface area contributed by atoms with Crippen molar-refractivity contribution in [2.24, 2.45) is 34.5 Å². The lowest BCUT2D eigenvalue weighted by atomic mass is 9.45. The first-order chi connectivity index (χ1) is 10.9. The smallest absolute Gasteiger partial charge is 0.0857 e. The van der Waals surface area contributed by atoms with Gasteiger partial charge in [0.2, 0.25) is 0 Å². The molecule has 0 saturated heterocycles. The zero-order valence-corrected chi connectivity index (χ0v) is 15.0. The van der Waals surface area contributed by atoms with E-state index in [1.807, 2.05) is 0 Å². The quantitative estimate of drug-likeness (QED) is 0.778. The summed E-state index contributed by atoms with van der Waals surface area (Å²) in [6.07, 6.45) is 8.88. The second-order valence-electron chi connectivity index (χ2n) is 9.58. The topological polar surface area (TPSA) is 49.7 Å². The largest absolute Gasteiger partial charge is 0.393 e. The van der Waals surface area contributed by atoms with E-state index in [4.69, 9.17) is 4.74 Å². The SMILES string of the molecule is CO[C@@H]1C[C@H]2[C@@H]3CC[C@H]4C[C@@H](O)CC[C@]4(C)[C@@H]3CC[C@]2(C)[C@H]1O. The van der Waals surface area contributed by atoms with E-state index < -0.39 is 0 Å². The second kappa shape index (κ2) is 5.44. The van der Waals surface area contributed by atoms with Crippen LogP contribution in [0.2, 0.25) is 0 Å². The molecule has 0 radical (unpaired) electrons. The third kappa shape index (κ3) is 2.19. The number of methoxy groups -OCH3 is 1. The van der Waals surface area contributed by atoms with Crippen molar-refractivity contribution in [3.05, 3.63) is 0 Å². The van der Waals surface area contributed by atoms with Crippen LogP contribution in [0.5, 0.6) is 0 Å². The van der Waals surface area contributed by atoms with Gasteiger partial charge >= 0.3 is 0 Å². The molecule has 4 saturated carbocycles. The average Bonchev–Trinajstić information content (AvgIpc) is 2.79. The van der Waals surface area contributed by atoms with Crippen LogP contribution >= 0.6 is 0 Å². The Labute approximate surface area is 140 Å². The summed E-state index contributed by atoms with van der Waals surface area (Å²) in [5, 5.41) is 20.9. The van der Waals surface area contributed by atoms with E-state index in [-0.39, 0.29) is 23.7 Å². The lowest BCUT2D eigenvalue weighted by Crippen LogP contribution is -2.54. The third-order valence-corrected chi connectivity index (χ3v) is 8.89. The normalized spacial score (nSPS) is 59.1. The van der Waals surface area contributed by atoms with Gasteiger partial charge in [0.05, 0.1) is 18.3 Å². The van der Waals surface area contributed by atoms with Crippen LogP contribution in [0, 0.1) is 34.5 Å². The summed E-state index contributed by atoms with van der Waals surface area (Å²) < 4.78 is 5.62. The highest BCUT2D eigenvalue weighted by molar-refractivity contribution is 5.11. The monoisotopic (exact) mass is 322 g/mol. The van der Waals surface area contributed by atoms with Crippen molar-refractivity contribution in [3.8, 4) is 0 Å². The number of hydrogen-bond donors (Lipinski definition) is 2. The Balaban J connectivity index is 1.62. The number of ether oxygens (including phenoxy) is 1. The Morgan fingerprint density at radius 3 is 2.35 bits per heavy atom. The van der Waals surface area contributed by atoms with Gasteiger partial charge in [0.15, 0.2) is 0 Å². The molecule has 0 bridgehead atoms. The summed E-state index contributed by atoms with van der Waals surface area (Å²) in [6, 6.07) is 0. The fourth-order valence-electron chi connectivity index (χ4n) is 7.42. The summed E-state index contributed by atoms with van der Waals surface area (Å²) in [4.78, 5) is 0. The van der Waals surface area contributed by atoms with Crippen molar-refractivity contribution >= 4 is 0 Å². The predicted octanol–water partition coefficient (Wildman–Crippen LogP) is 3.38. The number of hydrogen-bond acceptors (Lipinski definition) is 3. The lowest BCUT2D eigenvalue weighted by Gasteiger charge is -2.60. The zero-order valence-electron chi connectivity index (χ0n) is 15.0. The highest BCUT2D eigenvalue weighted by atomic mass is 16.5. The van der Waals surface area contributed by atoms with Crippen LogP contribution in [0.15, 0.2) is 0 Å². The Morgan fingerprint density at radius 1 is 0.870 bits per heavy atom. The molecular formula is C20H34O3. The predicted molar refractivity (Wildman–Crippen MR) is 89.9 cm³/mol. The zero-order chi connectivity index (χ0) is 16.4. The summed E-state index contributed by atoms with van der Waals surface area (Å²) in [5.41, 5.74) is 0.471. The molecule has 132 valence electrons. The summed E-state index contributed by atoms with van der Waals surface area (Å²) >= 11 is 0. The van der Waals surface area contributed by atoms with Gasteiger partial charge in [-0.25, -0.2) is 0 Å². The van der Waals surface area contributed by atoms with Crippen molar-refractivity contribution < 1.29 is 14.9 Å². The standard InChI is InChI=1S/C20H34O3/c1-19-8-6-13(21)10-12(19)4-5-14-15(19)7-9-20(2)16(14)11-17(23-3)18(20)22/h12-18,21-22H,4-11H2,1-3H3/t12-,13-,14+,15+,16-,17+,18-,19-,20-/m0/s1. The van der Waals surface area contributed by atoms with E-state index in [2.05, 4.69) is 13.8 Å². The van der Waals surface area contributed by atoms with Gasteiger partial charge in [0, 0.05) is 7.11 Å². The van der Waals surface area contributed by atoms with Crippen LogP contribution in [0.1, 0.15) is 65.2 Å². The van der Waals surface area contributed by atoms with Gasteiger partial charge in [-0.05, 0) is 85.9 Å². The van der Waals surface area contributed by atoms with Crippen molar-refractivity contribution in [2.45, 2.75) is 83.5 Å². The molecule has 4 fully saturated rings. The van der Waals surface area contributed by atoms with Gasteiger partial charge in [-0.15, -0.1) is 0 Å². The summed E-state index contributed by atoms with van der Waals surface area (Å²) in [7, 11) is 1.76. The molecule has 2 N–H and O–H groups in total.